The van der Waals surface area contributed by atoms with Crippen molar-refractivity contribution in [3.05, 3.63) is 47.8 Å². The largest absolute Gasteiger partial charge is 0.346 e. The van der Waals surface area contributed by atoms with Gasteiger partial charge >= 0.3 is 0 Å². The number of sulfonamides is 1. The number of nitrogens with one attached hydrogen (secondary N) is 1. The van der Waals surface area contributed by atoms with Crippen molar-refractivity contribution < 1.29 is 8.42 Å². The molecule has 3 aromatic rings. The number of benzene rings is 1. The number of hydrogen-bond donors (Lipinski definition) is 2. The van der Waals surface area contributed by atoms with Gasteiger partial charge in [0.05, 0.1) is 4.90 Å². The number of rotatable bonds is 3. The molecule has 2 heterocycles. The predicted molar refractivity (Wildman–Crippen MR) is 87.0 cm³/mol. The molecule has 1 aromatic carbocycles. The Morgan fingerprint density at radius 2 is 2.00 bits per heavy atom. The van der Waals surface area contributed by atoms with E-state index in [0.717, 1.165) is 28.6 Å². The van der Waals surface area contributed by atoms with E-state index in [1.807, 2.05) is 18.3 Å². The number of primary sulfonamides is 1. The molecule has 3 N–H and O–H groups in total. The predicted octanol–water partition coefficient (Wildman–Crippen LogP) is 2.75. The highest BCUT2D eigenvalue weighted by molar-refractivity contribution is 7.89. The molecule has 0 saturated carbocycles. The SMILES string of the molecule is CCc1c[nH]c2ncc(-c3ccc(C)c(S(N)(=O)=O)c3)cc12. The lowest BCUT2D eigenvalue weighted by Gasteiger charge is -2.07. The van der Waals surface area contributed by atoms with E-state index in [9.17, 15) is 8.42 Å². The zero-order chi connectivity index (χ0) is 15.9. The Morgan fingerprint density at radius 1 is 1.23 bits per heavy atom. The van der Waals surface area contributed by atoms with E-state index in [1.165, 1.54) is 5.56 Å². The van der Waals surface area contributed by atoms with Gasteiger partial charge in [-0.2, -0.15) is 0 Å². The molecule has 0 fully saturated rings. The summed E-state index contributed by atoms with van der Waals surface area (Å²) in [5.74, 6) is 0. The van der Waals surface area contributed by atoms with Gasteiger partial charge in [-0.1, -0.05) is 19.1 Å². The smallest absolute Gasteiger partial charge is 0.238 e. The number of H-pyrrole nitrogens is 1. The van der Waals surface area contributed by atoms with E-state index in [2.05, 4.69) is 16.9 Å². The van der Waals surface area contributed by atoms with Crippen molar-refractivity contribution in [1.82, 2.24) is 9.97 Å². The van der Waals surface area contributed by atoms with Crippen molar-refractivity contribution in [2.45, 2.75) is 25.2 Å². The summed E-state index contributed by atoms with van der Waals surface area (Å²) in [6.45, 7) is 3.81. The molecule has 0 spiro atoms. The summed E-state index contributed by atoms with van der Waals surface area (Å²) in [7, 11) is -3.74. The normalized spacial score (nSPS) is 12.0. The molecule has 0 unspecified atom stereocenters. The summed E-state index contributed by atoms with van der Waals surface area (Å²) in [5.41, 5.74) is 4.30. The lowest BCUT2D eigenvalue weighted by atomic mass is 10.0. The first-order valence-corrected chi connectivity index (χ1v) is 8.54. The van der Waals surface area contributed by atoms with Crippen molar-refractivity contribution in [2.24, 2.45) is 5.14 Å². The molecule has 0 amide bonds. The van der Waals surface area contributed by atoms with Crippen LogP contribution in [0.15, 0.2) is 41.6 Å². The molecule has 6 heteroatoms. The summed E-state index contributed by atoms with van der Waals surface area (Å²) in [6, 6.07) is 7.27. The van der Waals surface area contributed by atoms with Crippen LogP contribution < -0.4 is 5.14 Å². The van der Waals surface area contributed by atoms with E-state index < -0.39 is 10.0 Å². The van der Waals surface area contributed by atoms with Crippen LogP contribution in [0.2, 0.25) is 0 Å². The van der Waals surface area contributed by atoms with Crippen LogP contribution in [0.1, 0.15) is 18.1 Å². The zero-order valence-corrected chi connectivity index (χ0v) is 13.2. The Bertz CT molecular complexity index is 959. The minimum Gasteiger partial charge on any atom is -0.346 e. The van der Waals surface area contributed by atoms with Crippen LogP contribution in [-0.4, -0.2) is 18.4 Å². The molecule has 0 aliphatic heterocycles. The van der Waals surface area contributed by atoms with E-state index in [1.54, 1.807) is 25.3 Å². The molecule has 0 radical (unpaired) electrons. The van der Waals surface area contributed by atoms with Crippen LogP contribution in [0.3, 0.4) is 0 Å². The van der Waals surface area contributed by atoms with Gasteiger partial charge in [-0.15, -0.1) is 0 Å². The summed E-state index contributed by atoms with van der Waals surface area (Å²) >= 11 is 0. The van der Waals surface area contributed by atoms with Gasteiger partial charge in [0, 0.05) is 23.3 Å². The number of fused-ring (bicyclic) bond motifs is 1. The second kappa shape index (κ2) is 5.23. The van der Waals surface area contributed by atoms with E-state index in [0.29, 0.717) is 5.56 Å². The average Bonchev–Trinajstić information content (AvgIpc) is 2.88. The Morgan fingerprint density at radius 3 is 2.68 bits per heavy atom. The maximum Gasteiger partial charge on any atom is 0.238 e. The monoisotopic (exact) mass is 315 g/mol. The van der Waals surface area contributed by atoms with Crippen LogP contribution in [0.5, 0.6) is 0 Å². The van der Waals surface area contributed by atoms with Gasteiger partial charge in [-0.05, 0) is 42.2 Å². The number of nitrogens with two attached hydrogens (primary N) is 1. The topological polar surface area (TPSA) is 88.8 Å². The maximum atomic E-state index is 11.7. The van der Waals surface area contributed by atoms with Crippen molar-refractivity contribution in [3.8, 4) is 11.1 Å². The van der Waals surface area contributed by atoms with Crippen LogP contribution in [0, 0.1) is 6.92 Å². The third-order valence-corrected chi connectivity index (χ3v) is 4.88. The Labute approximate surface area is 129 Å². The van der Waals surface area contributed by atoms with Crippen molar-refractivity contribution in [1.29, 1.82) is 0 Å². The highest BCUT2D eigenvalue weighted by atomic mass is 32.2. The molecule has 5 nitrogen and oxygen atoms in total. The summed E-state index contributed by atoms with van der Waals surface area (Å²) in [4.78, 5) is 7.69. The minimum absolute atomic E-state index is 0.148. The number of aromatic amines is 1. The number of nitrogens with zero attached hydrogens (tertiary/aromatic N) is 1. The average molecular weight is 315 g/mol. The van der Waals surface area contributed by atoms with E-state index in [-0.39, 0.29) is 4.90 Å². The fourth-order valence-corrected chi connectivity index (χ4v) is 3.40. The van der Waals surface area contributed by atoms with Gasteiger partial charge in [0.1, 0.15) is 5.65 Å². The first kappa shape index (κ1) is 14.7. The molecule has 2 aromatic heterocycles. The lowest BCUT2D eigenvalue weighted by molar-refractivity contribution is 0.597. The molecule has 114 valence electrons. The zero-order valence-electron chi connectivity index (χ0n) is 12.4. The quantitative estimate of drug-likeness (QED) is 0.779. The van der Waals surface area contributed by atoms with Crippen LogP contribution >= 0.6 is 0 Å². The van der Waals surface area contributed by atoms with Gasteiger partial charge in [-0.25, -0.2) is 18.5 Å². The first-order chi connectivity index (χ1) is 10.4. The molecule has 0 aliphatic carbocycles. The highest BCUT2D eigenvalue weighted by Gasteiger charge is 2.13. The molecule has 0 saturated heterocycles. The van der Waals surface area contributed by atoms with Crippen molar-refractivity contribution in [3.63, 3.8) is 0 Å². The van der Waals surface area contributed by atoms with Gasteiger partial charge in [0.25, 0.3) is 0 Å². The maximum absolute atomic E-state index is 11.7. The number of hydrogen-bond acceptors (Lipinski definition) is 3. The third-order valence-electron chi connectivity index (χ3n) is 3.83. The second-order valence-corrected chi connectivity index (χ2v) is 6.84. The highest BCUT2D eigenvalue weighted by Crippen LogP contribution is 2.27. The Hall–Kier alpha value is -2.18. The molecule has 3 rings (SSSR count). The van der Waals surface area contributed by atoms with Crippen molar-refractivity contribution >= 4 is 21.1 Å². The lowest BCUT2D eigenvalue weighted by Crippen LogP contribution is -2.13. The van der Waals surface area contributed by atoms with Gasteiger partial charge < -0.3 is 4.98 Å². The van der Waals surface area contributed by atoms with Gasteiger partial charge in [0.15, 0.2) is 0 Å². The summed E-state index contributed by atoms with van der Waals surface area (Å²) in [5, 5.41) is 6.33. The molecule has 0 bridgehead atoms. The minimum atomic E-state index is -3.74. The number of aryl methyl sites for hydroxylation is 2. The molecule has 0 aliphatic rings. The Kier molecular flexibility index (Phi) is 3.50. The van der Waals surface area contributed by atoms with E-state index in [4.69, 9.17) is 5.14 Å². The summed E-state index contributed by atoms with van der Waals surface area (Å²) < 4.78 is 23.3. The first-order valence-electron chi connectivity index (χ1n) is 7.00. The Balaban J connectivity index is 2.19. The molecule has 0 atom stereocenters. The molecular formula is C16H17N3O2S. The molecule has 22 heavy (non-hydrogen) atoms. The second-order valence-electron chi connectivity index (χ2n) is 5.31. The summed E-state index contributed by atoms with van der Waals surface area (Å²) in [6.07, 6.45) is 4.59. The van der Waals surface area contributed by atoms with Crippen molar-refractivity contribution in [2.75, 3.05) is 0 Å². The third kappa shape index (κ3) is 2.51. The number of pyridine rings is 1. The molecular weight excluding hydrogens is 298 g/mol. The fraction of sp³-hybridized carbons (Fsp3) is 0.188. The van der Waals surface area contributed by atoms with Gasteiger partial charge in [0.2, 0.25) is 10.0 Å². The number of aromatic nitrogens is 2. The standard InChI is InChI=1S/C16H17N3O2S/c1-3-11-8-18-16-14(11)6-13(9-19-16)12-5-4-10(2)15(7-12)22(17,20)21/h4-9H,3H2,1-2H3,(H,18,19)(H2,17,20,21). The van der Waals surface area contributed by atoms with E-state index >= 15 is 0 Å². The van der Waals surface area contributed by atoms with Crippen LogP contribution in [0.25, 0.3) is 22.2 Å². The fourth-order valence-electron chi connectivity index (χ4n) is 2.59. The van der Waals surface area contributed by atoms with Gasteiger partial charge in [-0.3, -0.25) is 0 Å². The van der Waals surface area contributed by atoms with Crippen LogP contribution in [0.4, 0.5) is 0 Å². The van der Waals surface area contributed by atoms with Crippen LogP contribution in [-0.2, 0) is 16.4 Å².